The Morgan fingerprint density at radius 2 is 1.95 bits per heavy atom. The van der Waals surface area contributed by atoms with Gasteiger partial charge in [-0.2, -0.15) is 5.10 Å². The van der Waals surface area contributed by atoms with Crippen LogP contribution in [-0.2, 0) is 19.9 Å². The number of rotatable bonds is 7. The van der Waals surface area contributed by atoms with Crippen molar-refractivity contribution in [3.63, 3.8) is 0 Å². The predicted molar refractivity (Wildman–Crippen MR) is 138 cm³/mol. The second kappa shape index (κ2) is 9.78. The highest BCUT2D eigenvalue weighted by atomic mass is 19.3. The molecule has 0 fully saturated rings. The van der Waals surface area contributed by atoms with E-state index in [4.69, 9.17) is 11.3 Å². The van der Waals surface area contributed by atoms with Crippen LogP contribution in [0.25, 0.3) is 16.1 Å². The van der Waals surface area contributed by atoms with Gasteiger partial charge in [0.25, 0.3) is 12.2 Å². The predicted octanol–water partition coefficient (Wildman–Crippen LogP) is 5.97. The summed E-state index contributed by atoms with van der Waals surface area (Å²) >= 11 is 0. The zero-order valence-electron chi connectivity index (χ0n) is 20.5. The third kappa shape index (κ3) is 4.89. The van der Waals surface area contributed by atoms with Gasteiger partial charge in [0.05, 0.1) is 47.7 Å². The number of anilines is 2. The second-order valence-electron chi connectivity index (χ2n) is 8.71. The molecule has 8 nitrogen and oxygen atoms in total. The van der Waals surface area contributed by atoms with Crippen LogP contribution in [0.1, 0.15) is 22.6 Å². The molecule has 0 spiro atoms. The highest BCUT2D eigenvalue weighted by Gasteiger charge is 2.27. The SMILES string of the molecule is [C-]#[N+]c1cc(C)cc(Cc2cc(Nc3cccc(-c4ccn(C)n4)c3OC)c3c(n2)CC(C(F)F)=N3)n1. The van der Waals surface area contributed by atoms with E-state index in [2.05, 4.69) is 30.2 Å². The van der Waals surface area contributed by atoms with Crippen molar-refractivity contribution >= 4 is 28.6 Å². The average Bonchev–Trinajstić information content (AvgIpc) is 3.50. The minimum atomic E-state index is -2.67. The van der Waals surface area contributed by atoms with Crippen LogP contribution in [0.2, 0.25) is 0 Å². The van der Waals surface area contributed by atoms with Crippen molar-refractivity contribution < 1.29 is 13.5 Å². The number of fused-ring (bicyclic) bond motifs is 1. The highest BCUT2D eigenvalue weighted by Crippen LogP contribution is 2.42. The van der Waals surface area contributed by atoms with Gasteiger partial charge < -0.3 is 14.9 Å². The number of nitrogens with zero attached hydrogens (tertiary/aromatic N) is 6. The van der Waals surface area contributed by atoms with Crippen molar-refractivity contribution in [2.24, 2.45) is 12.0 Å². The summed E-state index contributed by atoms with van der Waals surface area (Å²) in [5, 5.41) is 7.81. The molecule has 4 aromatic rings. The first kappa shape index (κ1) is 24.1. The Labute approximate surface area is 212 Å². The number of methoxy groups -OCH3 is 1. The van der Waals surface area contributed by atoms with Gasteiger partial charge in [-0.1, -0.05) is 18.2 Å². The molecule has 1 aliphatic rings. The summed E-state index contributed by atoms with van der Waals surface area (Å²) in [5.41, 5.74) is 5.52. The molecule has 3 aromatic heterocycles. The number of aliphatic imine (C=N–C) groups is 1. The Morgan fingerprint density at radius 1 is 1.14 bits per heavy atom. The van der Waals surface area contributed by atoms with Crippen molar-refractivity contribution in [1.82, 2.24) is 19.7 Å². The number of alkyl halides is 2. The molecule has 1 aliphatic heterocycles. The van der Waals surface area contributed by atoms with Gasteiger partial charge in [0, 0.05) is 25.2 Å². The maximum atomic E-state index is 13.6. The number of ether oxygens (including phenoxy) is 1. The minimum Gasteiger partial charge on any atom is -0.494 e. The van der Waals surface area contributed by atoms with Crippen molar-refractivity contribution in [3.8, 4) is 17.0 Å². The highest BCUT2D eigenvalue weighted by molar-refractivity contribution is 5.98. The lowest BCUT2D eigenvalue weighted by atomic mass is 10.1. The fourth-order valence-corrected chi connectivity index (χ4v) is 4.38. The van der Waals surface area contributed by atoms with E-state index < -0.39 is 6.43 Å². The fraction of sp³-hybridized carbons (Fsp3) is 0.222. The monoisotopic (exact) mass is 499 g/mol. The van der Waals surface area contributed by atoms with Gasteiger partial charge in [-0.25, -0.2) is 13.8 Å². The first-order valence-corrected chi connectivity index (χ1v) is 11.5. The molecule has 4 heterocycles. The number of hydrogen-bond acceptors (Lipinski definition) is 6. The van der Waals surface area contributed by atoms with Crippen LogP contribution in [-0.4, -0.2) is 39.0 Å². The molecule has 0 radical (unpaired) electrons. The molecular weight excluding hydrogens is 476 g/mol. The van der Waals surface area contributed by atoms with Crippen LogP contribution in [0.15, 0.2) is 53.7 Å². The van der Waals surface area contributed by atoms with Gasteiger partial charge in [0.15, 0.2) is 5.75 Å². The summed E-state index contributed by atoms with van der Waals surface area (Å²) in [4.78, 5) is 16.6. The lowest BCUT2D eigenvalue weighted by Crippen LogP contribution is -2.10. The van der Waals surface area contributed by atoms with Gasteiger partial charge in [-0.15, -0.1) is 4.98 Å². The summed E-state index contributed by atoms with van der Waals surface area (Å²) in [5.74, 6) is 0.861. The summed E-state index contributed by atoms with van der Waals surface area (Å²) in [7, 11) is 3.41. The number of halogens is 2. The van der Waals surface area contributed by atoms with Crippen LogP contribution in [0.4, 0.5) is 31.7 Å². The van der Waals surface area contributed by atoms with E-state index in [1.807, 2.05) is 50.5 Å². The van der Waals surface area contributed by atoms with Crippen LogP contribution in [0.5, 0.6) is 5.75 Å². The average molecular weight is 500 g/mol. The van der Waals surface area contributed by atoms with Gasteiger partial charge in [-0.3, -0.25) is 9.67 Å². The van der Waals surface area contributed by atoms with Gasteiger partial charge in [0.2, 0.25) is 0 Å². The third-order valence-corrected chi connectivity index (χ3v) is 5.94. The first-order chi connectivity index (χ1) is 17.8. The second-order valence-corrected chi connectivity index (χ2v) is 8.71. The van der Waals surface area contributed by atoms with E-state index in [1.165, 1.54) is 0 Å². The standard InChI is InChI=1S/C27H23F2N7O/c1-15-10-16(32-24(11-15)30-2)12-17-13-21(25-22(31-17)14-23(34-25)27(28)29)33-20-7-5-6-18(26(20)37-4)19-8-9-36(3)35-19/h5-11,13,27H,12,14H2,1,3-4H3,(H,31,33). The van der Waals surface area contributed by atoms with Crippen molar-refractivity contribution in [2.45, 2.75) is 26.2 Å². The molecule has 186 valence electrons. The number of nitrogens with one attached hydrogen (secondary N) is 1. The van der Waals surface area contributed by atoms with E-state index in [9.17, 15) is 8.78 Å². The molecule has 5 rings (SSSR count). The molecule has 0 saturated heterocycles. The normalized spacial score (nSPS) is 12.3. The van der Waals surface area contributed by atoms with Gasteiger partial charge >= 0.3 is 0 Å². The number of hydrogen-bond donors (Lipinski definition) is 1. The Kier molecular flexibility index (Phi) is 6.36. The molecule has 0 aliphatic carbocycles. The molecule has 1 aromatic carbocycles. The summed E-state index contributed by atoms with van der Waals surface area (Å²) in [6.45, 7) is 9.19. The lowest BCUT2D eigenvalue weighted by molar-refractivity contribution is 0.224. The fourth-order valence-electron chi connectivity index (χ4n) is 4.38. The quantitative estimate of drug-likeness (QED) is 0.317. The molecule has 0 unspecified atom stereocenters. The molecule has 1 N–H and O–H groups in total. The summed E-state index contributed by atoms with van der Waals surface area (Å²) in [6, 6.07) is 12.9. The first-order valence-electron chi connectivity index (χ1n) is 11.5. The largest absolute Gasteiger partial charge is 0.494 e. The van der Waals surface area contributed by atoms with E-state index in [-0.39, 0.29) is 12.1 Å². The van der Waals surface area contributed by atoms with E-state index in [0.29, 0.717) is 52.1 Å². The molecule has 0 bridgehead atoms. The number of aryl methyl sites for hydroxylation is 2. The maximum Gasteiger partial charge on any atom is 0.277 e. The molecular formula is C27H23F2N7O. The van der Waals surface area contributed by atoms with Gasteiger partial charge in [0.1, 0.15) is 11.4 Å². The molecule has 0 amide bonds. The number of para-hydroxylation sites is 1. The number of aromatic nitrogens is 4. The third-order valence-electron chi connectivity index (χ3n) is 5.94. The molecule has 0 atom stereocenters. The van der Waals surface area contributed by atoms with Crippen molar-refractivity contribution in [1.29, 1.82) is 0 Å². The van der Waals surface area contributed by atoms with Gasteiger partial charge in [-0.05, 0) is 43.3 Å². The lowest BCUT2D eigenvalue weighted by Gasteiger charge is -2.16. The minimum absolute atomic E-state index is 0.0326. The smallest absolute Gasteiger partial charge is 0.277 e. The van der Waals surface area contributed by atoms with E-state index in [0.717, 1.165) is 16.8 Å². The number of pyridine rings is 2. The summed E-state index contributed by atoms with van der Waals surface area (Å²) < 4.78 is 34.5. The van der Waals surface area contributed by atoms with E-state index >= 15 is 0 Å². The Morgan fingerprint density at radius 3 is 2.65 bits per heavy atom. The number of benzene rings is 1. The topological polar surface area (TPSA) is 81.6 Å². The summed E-state index contributed by atoms with van der Waals surface area (Å²) in [6.07, 6.45) is -0.528. The van der Waals surface area contributed by atoms with Crippen molar-refractivity contribution in [3.05, 3.63) is 82.7 Å². The van der Waals surface area contributed by atoms with E-state index in [1.54, 1.807) is 23.9 Å². The Bertz CT molecular complexity index is 1570. The van der Waals surface area contributed by atoms with Crippen LogP contribution in [0, 0.1) is 13.5 Å². The molecule has 0 saturated carbocycles. The Balaban J connectivity index is 1.57. The molecule has 37 heavy (non-hydrogen) atoms. The zero-order chi connectivity index (χ0) is 26.1. The Hall–Kier alpha value is -4.65. The zero-order valence-corrected chi connectivity index (χ0v) is 20.5. The van der Waals surface area contributed by atoms with Crippen LogP contribution >= 0.6 is 0 Å². The van der Waals surface area contributed by atoms with Crippen LogP contribution in [0.3, 0.4) is 0 Å². The maximum absolute atomic E-state index is 13.6. The van der Waals surface area contributed by atoms with Crippen molar-refractivity contribution in [2.75, 3.05) is 12.4 Å². The van der Waals surface area contributed by atoms with Crippen LogP contribution < -0.4 is 10.1 Å². The molecule has 10 heteroatoms.